The van der Waals surface area contributed by atoms with Gasteiger partial charge in [-0.2, -0.15) is 4.31 Å². The molecule has 0 amide bonds. The van der Waals surface area contributed by atoms with E-state index in [-0.39, 0.29) is 34.7 Å². The molecule has 1 saturated heterocycles. The van der Waals surface area contributed by atoms with Gasteiger partial charge in [0.25, 0.3) is 0 Å². The maximum Gasteiger partial charge on any atom is 0.337 e. The summed E-state index contributed by atoms with van der Waals surface area (Å²) in [5, 5.41) is 3.02. The van der Waals surface area contributed by atoms with Crippen molar-refractivity contribution in [3.63, 3.8) is 0 Å². The van der Waals surface area contributed by atoms with Crippen molar-refractivity contribution in [1.82, 2.24) is 9.62 Å². The highest BCUT2D eigenvalue weighted by molar-refractivity contribution is 7.89. The summed E-state index contributed by atoms with van der Waals surface area (Å²) >= 11 is 0. The Morgan fingerprint density at radius 1 is 1.38 bits per heavy atom. The summed E-state index contributed by atoms with van der Waals surface area (Å²) in [7, 11) is 0.764. The van der Waals surface area contributed by atoms with Gasteiger partial charge in [0.2, 0.25) is 10.0 Å². The van der Waals surface area contributed by atoms with E-state index in [0.29, 0.717) is 13.1 Å². The first kappa shape index (κ1) is 20.7. The van der Waals surface area contributed by atoms with E-state index < -0.39 is 16.0 Å². The van der Waals surface area contributed by atoms with Crippen LogP contribution in [0.3, 0.4) is 0 Å². The molecule has 0 radical (unpaired) electrons. The molecule has 0 saturated carbocycles. The van der Waals surface area contributed by atoms with Crippen LogP contribution < -0.4 is 10.1 Å². The van der Waals surface area contributed by atoms with E-state index in [0.717, 1.165) is 12.8 Å². The first-order chi connectivity index (χ1) is 11.0. The van der Waals surface area contributed by atoms with Crippen molar-refractivity contribution in [2.75, 3.05) is 34.4 Å². The minimum atomic E-state index is -3.69. The second-order valence-corrected chi connectivity index (χ2v) is 7.19. The van der Waals surface area contributed by atoms with E-state index in [4.69, 9.17) is 4.74 Å². The topological polar surface area (TPSA) is 84.9 Å². The highest BCUT2D eigenvalue weighted by Crippen LogP contribution is 2.32. The summed E-state index contributed by atoms with van der Waals surface area (Å²) in [4.78, 5) is 11.7. The molecular weight excluding hydrogens is 356 g/mol. The Morgan fingerprint density at radius 2 is 2.08 bits per heavy atom. The zero-order valence-corrected chi connectivity index (χ0v) is 15.6. The number of benzene rings is 1. The molecule has 1 aliphatic heterocycles. The maximum atomic E-state index is 13.0. The number of carbonyl (C=O) groups is 1. The molecule has 1 atom stereocenters. The lowest BCUT2D eigenvalue weighted by molar-refractivity contribution is 0.0600. The van der Waals surface area contributed by atoms with Crippen LogP contribution in [0.4, 0.5) is 0 Å². The fourth-order valence-electron chi connectivity index (χ4n) is 2.82. The second kappa shape index (κ2) is 8.66. The molecule has 1 N–H and O–H groups in total. The number of rotatable bonds is 6. The Kier molecular flexibility index (Phi) is 7.47. The molecule has 136 valence electrons. The minimum Gasteiger partial charge on any atom is -0.495 e. The number of halogens is 1. The van der Waals surface area contributed by atoms with Crippen molar-refractivity contribution < 1.29 is 22.7 Å². The number of hydrogen-bond acceptors (Lipinski definition) is 6. The lowest BCUT2D eigenvalue weighted by atomic mass is 10.2. The summed E-state index contributed by atoms with van der Waals surface area (Å²) in [6.07, 6.45) is 1.65. The molecule has 7 nitrogen and oxygen atoms in total. The number of carbonyl (C=O) groups excluding carboxylic acids is 1. The van der Waals surface area contributed by atoms with Crippen molar-refractivity contribution in [2.24, 2.45) is 0 Å². The molecule has 1 heterocycles. The number of methoxy groups -OCH3 is 2. The van der Waals surface area contributed by atoms with Crippen molar-refractivity contribution in [2.45, 2.75) is 23.8 Å². The standard InChI is InChI=1S/C15H22N2O5S.ClH/c1-16-10-12-5-4-8-17(12)23(19,20)14-7-6-11(15(18)22-3)9-13(14)21-2;/h6-7,9,12,16H,4-5,8,10H2,1-3H3;1H. The summed E-state index contributed by atoms with van der Waals surface area (Å²) in [6.45, 7) is 1.08. The highest BCUT2D eigenvalue weighted by Gasteiger charge is 2.36. The number of ether oxygens (including phenoxy) is 2. The number of esters is 1. The fraction of sp³-hybridized carbons (Fsp3) is 0.533. The summed E-state index contributed by atoms with van der Waals surface area (Å²) in [5.74, 6) is -0.399. The largest absolute Gasteiger partial charge is 0.495 e. The van der Waals surface area contributed by atoms with Crippen LogP contribution in [0.25, 0.3) is 0 Å². The Hall–Kier alpha value is -1.35. The van der Waals surface area contributed by atoms with Gasteiger partial charge in [-0.3, -0.25) is 0 Å². The fourth-order valence-corrected chi connectivity index (χ4v) is 4.65. The monoisotopic (exact) mass is 378 g/mol. The third-order valence-corrected chi connectivity index (χ3v) is 5.93. The van der Waals surface area contributed by atoms with Gasteiger partial charge in [-0.05, 0) is 38.1 Å². The van der Waals surface area contributed by atoms with Crippen molar-refractivity contribution in [1.29, 1.82) is 0 Å². The smallest absolute Gasteiger partial charge is 0.337 e. The van der Waals surface area contributed by atoms with Crippen LogP contribution in [0.1, 0.15) is 23.2 Å². The van der Waals surface area contributed by atoms with Crippen LogP contribution in [0.5, 0.6) is 5.75 Å². The average molecular weight is 379 g/mol. The molecule has 0 aliphatic carbocycles. The summed E-state index contributed by atoms with van der Waals surface area (Å²) in [5.41, 5.74) is 0.247. The van der Waals surface area contributed by atoms with Gasteiger partial charge in [-0.15, -0.1) is 12.4 Å². The van der Waals surface area contributed by atoms with Crippen LogP contribution in [0, 0.1) is 0 Å². The van der Waals surface area contributed by atoms with Gasteiger partial charge in [-0.25, -0.2) is 13.2 Å². The molecular formula is C15H23ClN2O5S. The van der Waals surface area contributed by atoms with Gasteiger partial charge in [0.05, 0.1) is 19.8 Å². The number of hydrogen-bond donors (Lipinski definition) is 1. The Morgan fingerprint density at radius 3 is 2.67 bits per heavy atom. The second-order valence-electron chi connectivity index (χ2n) is 5.33. The first-order valence-corrected chi connectivity index (χ1v) is 8.82. The molecule has 1 aromatic carbocycles. The van der Waals surface area contributed by atoms with Crippen LogP contribution in [-0.4, -0.2) is 59.1 Å². The Bertz CT molecular complexity index is 680. The third kappa shape index (κ3) is 4.00. The van der Waals surface area contributed by atoms with Crippen LogP contribution in [-0.2, 0) is 14.8 Å². The summed E-state index contributed by atoms with van der Waals surface area (Å²) in [6, 6.07) is 4.15. The molecule has 24 heavy (non-hydrogen) atoms. The zero-order chi connectivity index (χ0) is 17.0. The Balaban J connectivity index is 0.00000288. The lowest BCUT2D eigenvalue weighted by Gasteiger charge is -2.24. The van der Waals surface area contributed by atoms with Gasteiger partial charge < -0.3 is 14.8 Å². The van der Waals surface area contributed by atoms with Gasteiger partial charge in [0.1, 0.15) is 10.6 Å². The molecule has 1 aliphatic rings. The van der Waals surface area contributed by atoms with E-state index >= 15 is 0 Å². The molecule has 0 spiro atoms. The van der Waals surface area contributed by atoms with Gasteiger partial charge >= 0.3 is 5.97 Å². The zero-order valence-electron chi connectivity index (χ0n) is 13.9. The molecule has 0 bridgehead atoms. The number of nitrogens with zero attached hydrogens (tertiary/aromatic N) is 1. The molecule has 1 unspecified atom stereocenters. The molecule has 9 heteroatoms. The van der Waals surface area contributed by atoms with Crippen molar-refractivity contribution in [3.05, 3.63) is 23.8 Å². The number of nitrogens with one attached hydrogen (secondary N) is 1. The molecule has 2 rings (SSSR count). The van der Waals surface area contributed by atoms with E-state index in [1.165, 1.54) is 36.7 Å². The van der Waals surface area contributed by atoms with Gasteiger partial charge in [0, 0.05) is 19.1 Å². The Labute approximate surface area is 148 Å². The van der Waals surface area contributed by atoms with Crippen LogP contribution in [0.15, 0.2) is 23.1 Å². The van der Waals surface area contributed by atoms with Crippen LogP contribution >= 0.6 is 12.4 Å². The molecule has 1 aromatic rings. The number of likely N-dealkylation sites (N-methyl/N-ethyl adjacent to an activating group) is 1. The van der Waals surface area contributed by atoms with E-state index in [9.17, 15) is 13.2 Å². The maximum absolute atomic E-state index is 13.0. The minimum absolute atomic E-state index is 0. The number of sulfonamides is 1. The van der Waals surface area contributed by atoms with E-state index in [1.807, 2.05) is 0 Å². The quantitative estimate of drug-likeness (QED) is 0.750. The average Bonchev–Trinajstić information content (AvgIpc) is 3.03. The SMILES string of the molecule is CNCC1CCCN1S(=O)(=O)c1ccc(C(=O)OC)cc1OC.Cl. The third-order valence-electron chi connectivity index (χ3n) is 3.93. The van der Waals surface area contributed by atoms with E-state index in [1.54, 1.807) is 7.05 Å². The first-order valence-electron chi connectivity index (χ1n) is 7.38. The lowest BCUT2D eigenvalue weighted by Crippen LogP contribution is -2.40. The predicted octanol–water partition coefficient (Wildman–Crippen LogP) is 1.28. The normalized spacial score (nSPS) is 18.0. The summed E-state index contributed by atoms with van der Waals surface area (Å²) < 4.78 is 37.2. The highest BCUT2D eigenvalue weighted by atomic mass is 35.5. The van der Waals surface area contributed by atoms with Crippen LogP contribution in [0.2, 0.25) is 0 Å². The van der Waals surface area contributed by atoms with Gasteiger partial charge in [-0.1, -0.05) is 0 Å². The van der Waals surface area contributed by atoms with E-state index in [2.05, 4.69) is 10.1 Å². The predicted molar refractivity (Wildman–Crippen MR) is 92.4 cm³/mol. The van der Waals surface area contributed by atoms with Gasteiger partial charge in [0.15, 0.2) is 0 Å². The molecule has 0 aromatic heterocycles. The molecule has 1 fully saturated rings. The van der Waals surface area contributed by atoms with Crippen molar-refractivity contribution >= 4 is 28.4 Å². The van der Waals surface area contributed by atoms with Crippen molar-refractivity contribution in [3.8, 4) is 5.75 Å².